The standard InChI is InChI=1S/C25H36O2Si/c1-20(2)17-22(18-21(3)19-26)27-28(25(4,5)6,23-13-9-7-10-14-23)24-15-11-8-12-16-24/h7-16,18,20,22,26H,17,19H2,1-6H3/b21-18+/t22-/m1/s1. The van der Waals surface area contributed by atoms with Crippen LogP contribution in [0, 0.1) is 5.92 Å². The summed E-state index contributed by atoms with van der Waals surface area (Å²) in [4.78, 5) is 0. The number of hydrogen-bond donors (Lipinski definition) is 1. The number of rotatable bonds is 8. The van der Waals surface area contributed by atoms with Gasteiger partial charge in [0.05, 0.1) is 12.7 Å². The average Bonchev–Trinajstić information content (AvgIpc) is 2.65. The van der Waals surface area contributed by atoms with Gasteiger partial charge in [0, 0.05) is 0 Å². The first-order chi connectivity index (χ1) is 13.2. The zero-order chi connectivity index (χ0) is 20.8. The van der Waals surface area contributed by atoms with Gasteiger partial charge in [0.25, 0.3) is 8.32 Å². The molecular weight excluding hydrogens is 360 g/mol. The number of benzene rings is 2. The molecule has 0 saturated carbocycles. The SMILES string of the molecule is C/C(=C\[C@@H](CC(C)C)O[Si](c1ccccc1)(c1ccccc1)C(C)(C)C)CO. The molecule has 2 rings (SSSR count). The second kappa shape index (κ2) is 9.68. The molecule has 0 radical (unpaired) electrons. The van der Waals surface area contributed by atoms with Crippen LogP contribution in [0.25, 0.3) is 0 Å². The molecule has 0 fully saturated rings. The lowest BCUT2D eigenvalue weighted by molar-refractivity contribution is 0.203. The van der Waals surface area contributed by atoms with E-state index >= 15 is 0 Å². The van der Waals surface area contributed by atoms with Crippen LogP contribution in [0.15, 0.2) is 72.3 Å². The third kappa shape index (κ3) is 5.22. The molecule has 0 aliphatic carbocycles. The monoisotopic (exact) mass is 396 g/mol. The van der Waals surface area contributed by atoms with Crippen molar-refractivity contribution in [3.05, 3.63) is 72.3 Å². The van der Waals surface area contributed by atoms with Crippen molar-refractivity contribution in [2.24, 2.45) is 5.92 Å². The molecule has 152 valence electrons. The topological polar surface area (TPSA) is 29.5 Å². The Bertz CT molecular complexity index is 706. The average molecular weight is 397 g/mol. The summed E-state index contributed by atoms with van der Waals surface area (Å²) in [6, 6.07) is 21.5. The van der Waals surface area contributed by atoms with E-state index in [-0.39, 0.29) is 17.7 Å². The molecule has 1 atom stereocenters. The van der Waals surface area contributed by atoms with Crippen molar-refractivity contribution in [2.75, 3.05) is 6.61 Å². The van der Waals surface area contributed by atoms with Crippen molar-refractivity contribution in [3.8, 4) is 0 Å². The summed E-state index contributed by atoms with van der Waals surface area (Å²) in [5.41, 5.74) is 0.962. The van der Waals surface area contributed by atoms with Crippen LogP contribution in [0.3, 0.4) is 0 Å². The minimum atomic E-state index is -2.59. The quantitative estimate of drug-likeness (QED) is 0.507. The van der Waals surface area contributed by atoms with Gasteiger partial charge in [-0.05, 0) is 40.2 Å². The molecular formula is C25H36O2Si. The summed E-state index contributed by atoms with van der Waals surface area (Å²) in [6.45, 7) is 13.4. The molecule has 2 aromatic rings. The second-order valence-electron chi connectivity index (χ2n) is 9.12. The van der Waals surface area contributed by atoms with Gasteiger partial charge >= 0.3 is 0 Å². The number of hydrogen-bond acceptors (Lipinski definition) is 2. The highest BCUT2D eigenvalue weighted by atomic mass is 28.4. The summed E-state index contributed by atoms with van der Waals surface area (Å²) in [5.74, 6) is 0.506. The lowest BCUT2D eigenvalue weighted by Gasteiger charge is -2.45. The first kappa shape index (κ1) is 22.6. The van der Waals surface area contributed by atoms with Gasteiger partial charge < -0.3 is 9.53 Å². The summed E-state index contributed by atoms with van der Waals surface area (Å²) >= 11 is 0. The van der Waals surface area contributed by atoms with Crippen molar-refractivity contribution >= 4 is 18.7 Å². The summed E-state index contributed by atoms with van der Waals surface area (Å²) in [5, 5.41) is 12.1. The maximum absolute atomic E-state index is 9.60. The van der Waals surface area contributed by atoms with E-state index in [0.717, 1.165) is 12.0 Å². The van der Waals surface area contributed by atoms with E-state index in [2.05, 4.69) is 101 Å². The van der Waals surface area contributed by atoms with E-state index in [1.165, 1.54) is 10.4 Å². The molecule has 0 spiro atoms. The Balaban J connectivity index is 2.69. The predicted molar refractivity (Wildman–Crippen MR) is 123 cm³/mol. The number of aliphatic hydroxyl groups is 1. The van der Waals surface area contributed by atoms with Gasteiger partial charge in [0.1, 0.15) is 0 Å². The van der Waals surface area contributed by atoms with Gasteiger partial charge in [-0.2, -0.15) is 0 Å². The summed E-state index contributed by atoms with van der Waals surface area (Å²) in [7, 11) is -2.59. The summed E-state index contributed by atoms with van der Waals surface area (Å²) < 4.78 is 7.21. The van der Waals surface area contributed by atoms with Crippen LogP contribution < -0.4 is 10.4 Å². The molecule has 1 N–H and O–H groups in total. The molecule has 0 heterocycles. The fourth-order valence-electron chi connectivity index (χ4n) is 3.90. The molecule has 0 saturated heterocycles. The zero-order valence-corrected chi connectivity index (χ0v) is 19.3. The Labute approximate surface area is 172 Å². The third-order valence-corrected chi connectivity index (χ3v) is 10.2. The smallest absolute Gasteiger partial charge is 0.261 e. The van der Waals surface area contributed by atoms with Crippen LogP contribution in [-0.4, -0.2) is 26.1 Å². The lowest BCUT2D eigenvalue weighted by Crippen LogP contribution is -2.67. The highest BCUT2D eigenvalue weighted by Gasteiger charge is 2.51. The Morgan fingerprint density at radius 3 is 1.79 bits per heavy atom. The Morgan fingerprint density at radius 1 is 0.964 bits per heavy atom. The minimum Gasteiger partial charge on any atom is -0.401 e. The van der Waals surface area contributed by atoms with Gasteiger partial charge in [-0.3, -0.25) is 0 Å². The molecule has 2 aromatic carbocycles. The molecule has 0 bridgehead atoms. The largest absolute Gasteiger partial charge is 0.401 e. The summed E-state index contributed by atoms with van der Waals surface area (Å²) in [6.07, 6.45) is 3.03. The molecule has 0 aliphatic rings. The van der Waals surface area contributed by atoms with Crippen molar-refractivity contribution in [1.29, 1.82) is 0 Å². The molecule has 0 aliphatic heterocycles. The van der Waals surface area contributed by atoms with E-state index in [1.807, 2.05) is 6.92 Å². The van der Waals surface area contributed by atoms with Crippen LogP contribution in [0.1, 0.15) is 48.0 Å². The van der Waals surface area contributed by atoms with Crippen LogP contribution in [0.2, 0.25) is 5.04 Å². The van der Waals surface area contributed by atoms with Gasteiger partial charge in [-0.25, -0.2) is 0 Å². The van der Waals surface area contributed by atoms with Crippen LogP contribution in [-0.2, 0) is 4.43 Å². The van der Waals surface area contributed by atoms with Gasteiger partial charge in [-0.1, -0.05) is 101 Å². The Morgan fingerprint density at radius 2 is 1.43 bits per heavy atom. The normalized spacial score (nSPS) is 14.4. The maximum atomic E-state index is 9.60. The first-order valence-electron chi connectivity index (χ1n) is 10.3. The molecule has 2 nitrogen and oxygen atoms in total. The number of aliphatic hydroxyl groups excluding tert-OH is 1. The van der Waals surface area contributed by atoms with Gasteiger partial charge in [0.15, 0.2) is 0 Å². The fraction of sp³-hybridized carbons (Fsp3) is 0.440. The second-order valence-corrected chi connectivity index (χ2v) is 13.4. The zero-order valence-electron chi connectivity index (χ0n) is 18.3. The highest BCUT2D eigenvalue weighted by molar-refractivity contribution is 6.99. The fourth-order valence-corrected chi connectivity index (χ4v) is 8.54. The molecule has 0 aromatic heterocycles. The van der Waals surface area contributed by atoms with Crippen molar-refractivity contribution in [1.82, 2.24) is 0 Å². The maximum Gasteiger partial charge on any atom is 0.261 e. The molecule has 0 amide bonds. The van der Waals surface area contributed by atoms with Crippen molar-refractivity contribution in [2.45, 2.75) is 59.1 Å². The van der Waals surface area contributed by atoms with Crippen LogP contribution >= 0.6 is 0 Å². The molecule has 28 heavy (non-hydrogen) atoms. The predicted octanol–water partition coefficient (Wildman–Crippen LogP) is 4.92. The van der Waals surface area contributed by atoms with E-state index in [4.69, 9.17) is 4.43 Å². The van der Waals surface area contributed by atoms with E-state index in [1.54, 1.807) is 0 Å². The Kier molecular flexibility index (Phi) is 7.82. The van der Waals surface area contributed by atoms with Crippen molar-refractivity contribution in [3.63, 3.8) is 0 Å². The van der Waals surface area contributed by atoms with E-state index in [9.17, 15) is 5.11 Å². The van der Waals surface area contributed by atoms with E-state index < -0.39 is 8.32 Å². The van der Waals surface area contributed by atoms with Gasteiger partial charge in [-0.15, -0.1) is 0 Å². The molecule has 3 heteroatoms. The Hall–Kier alpha value is -1.68. The van der Waals surface area contributed by atoms with Crippen LogP contribution in [0.4, 0.5) is 0 Å². The van der Waals surface area contributed by atoms with Crippen molar-refractivity contribution < 1.29 is 9.53 Å². The molecule has 0 unspecified atom stereocenters. The van der Waals surface area contributed by atoms with Crippen LogP contribution in [0.5, 0.6) is 0 Å². The highest BCUT2D eigenvalue weighted by Crippen LogP contribution is 2.38. The van der Waals surface area contributed by atoms with E-state index in [0.29, 0.717) is 5.92 Å². The minimum absolute atomic E-state index is 0.0292. The first-order valence-corrected chi connectivity index (χ1v) is 12.2. The lowest BCUT2D eigenvalue weighted by atomic mass is 10.0. The third-order valence-electron chi connectivity index (χ3n) is 5.17. The van der Waals surface area contributed by atoms with Gasteiger partial charge in [0.2, 0.25) is 0 Å².